The van der Waals surface area contributed by atoms with Crippen molar-refractivity contribution in [2.75, 3.05) is 6.61 Å². The Morgan fingerprint density at radius 3 is 2.17 bits per heavy atom. The summed E-state index contributed by atoms with van der Waals surface area (Å²) in [6.07, 6.45) is -1.38. The number of hydrogen-bond acceptors (Lipinski definition) is 4. The van der Waals surface area contributed by atoms with Gasteiger partial charge in [0.25, 0.3) is 12.2 Å². The monoisotopic (exact) mass is 473 g/mol. The van der Waals surface area contributed by atoms with Crippen molar-refractivity contribution in [1.82, 2.24) is 5.32 Å². The first kappa shape index (κ1) is 26.8. The Morgan fingerprint density at radius 2 is 1.70 bits per heavy atom. The van der Waals surface area contributed by atoms with Gasteiger partial charge in [-0.2, -0.15) is 0 Å². The number of amides is 1. The fraction of sp³-hybridized carbons (Fsp3) is 0.591. The second-order valence-corrected chi connectivity index (χ2v) is 12.1. The molecule has 1 aromatic rings. The van der Waals surface area contributed by atoms with Gasteiger partial charge in [0, 0.05) is 16.7 Å². The molecule has 30 heavy (non-hydrogen) atoms. The van der Waals surface area contributed by atoms with Gasteiger partial charge in [-0.15, -0.1) is 0 Å². The van der Waals surface area contributed by atoms with E-state index in [1.165, 1.54) is 0 Å². The molecule has 0 saturated carbocycles. The molecule has 0 aliphatic heterocycles. The summed E-state index contributed by atoms with van der Waals surface area (Å²) in [6, 6.07) is 4.72. The lowest BCUT2D eigenvalue weighted by Gasteiger charge is -2.29. The van der Waals surface area contributed by atoms with Gasteiger partial charge >= 0.3 is 0 Å². The molecule has 0 aliphatic rings. The van der Waals surface area contributed by atoms with Crippen LogP contribution in [0, 0.1) is 17.3 Å². The molecule has 2 unspecified atom stereocenters. The van der Waals surface area contributed by atoms with Crippen molar-refractivity contribution in [1.29, 1.82) is 0 Å². The third kappa shape index (κ3) is 9.72. The van der Waals surface area contributed by atoms with Crippen LogP contribution in [0.1, 0.15) is 41.5 Å². The highest BCUT2D eigenvalue weighted by atomic mass is 35.5. The van der Waals surface area contributed by atoms with Crippen LogP contribution in [0.3, 0.4) is 0 Å². The van der Waals surface area contributed by atoms with Gasteiger partial charge in [0.2, 0.25) is 0 Å². The minimum Gasteiger partial charge on any atom is -0.455 e. The van der Waals surface area contributed by atoms with E-state index in [4.69, 9.17) is 37.1 Å². The number of nitrogens with one attached hydrogen (secondary N) is 1. The summed E-state index contributed by atoms with van der Waals surface area (Å²) < 4.78 is 17.2. The van der Waals surface area contributed by atoms with Crippen LogP contribution in [-0.2, 0) is 14.0 Å². The molecule has 168 valence electrons. The molecular weight excluding hydrogens is 441 g/mol. The first-order chi connectivity index (χ1) is 13.7. The molecule has 1 aromatic carbocycles. The second kappa shape index (κ2) is 11.4. The van der Waals surface area contributed by atoms with E-state index in [1.54, 1.807) is 25.1 Å². The molecule has 8 heteroatoms. The van der Waals surface area contributed by atoms with Crippen molar-refractivity contribution in [2.24, 2.45) is 5.41 Å². The smallest absolute Gasteiger partial charge is 0.290 e. The van der Waals surface area contributed by atoms with Crippen molar-refractivity contribution in [3.8, 4) is 17.6 Å². The van der Waals surface area contributed by atoms with E-state index in [0.717, 1.165) is 0 Å². The fourth-order valence-corrected chi connectivity index (χ4v) is 3.93. The molecule has 1 rings (SSSR count). The molecule has 1 N–H and O–H groups in total. The number of ether oxygens (including phenoxy) is 2. The molecule has 0 bridgehead atoms. The lowest BCUT2D eigenvalue weighted by atomic mass is 9.89. The zero-order valence-corrected chi connectivity index (χ0v) is 21.7. The highest BCUT2D eigenvalue weighted by Gasteiger charge is 2.29. The summed E-state index contributed by atoms with van der Waals surface area (Å²) in [5.41, 5.74) is -0.944. The minimum atomic E-state index is -1.27. The molecule has 0 aromatic heterocycles. The van der Waals surface area contributed by atoms with Gasteiger partial charge in [-0.25, -0.2) is 0 Å². The molecule has 2 atom stereocenters. The van der Waals surface area contributed by atoms with Crippen molar-refractivity contribution >= 4 is 38.1 Å². The lowest BCUT2D eigenvalue weighted by Crippen LogP contribution is -2.49. The predicted octanol–water partition coefficient (Wildman–Crippen LogP) is 5.05. The maximum absolute atomic E-state index is 12.8. The number of carbonyl (C=O) groups excluding carboxylic acids is 1. The summed E-state index contributed by atoms with van der Waals surface area (Å²) in [6.45, 7) is 16.2. The predicted molar refractivity (Wildman–Crippen MR) is 126 cm³/mol. The Labute approximate surface area is 192 Å². The Hall–Kier alpha value is -1.23. The molecule has 0 aliphatic carbocycles. The number of halogens is 2. The van der Waals surface area contributed by atoms with Crippen LogP contribution >= 0.6 is 23.2 Å². The van der Waals surface area contributed by atoms with Crippen LogP contribution < -0.4 is 10.1 Å². The molecular formula is C22H33Cl2NO4Si. The standard InChI is InChI=1S/C22H33Cl2NO4Si/c1-9-27-20(28-17-13-15(23)12-16(24)14-17)19(26)25-22(5,6)11-10-18(21(2,3)4)29-30(7)8/h12-14,18,20,30H,9H2,1-8H3,(H,25,26). The van der Waals surface area contributed by atoms with E-state index >= 15 is 0 Å². The average molecular weight is 475 g/mol. The first-order valence-corrected chi connectivity index (χ1v) is 13.5. The van der Waals surface area contributed by atoms with Crippen LogP contribution in [0.2, 0.25) is 23.1 Å². The molecule has 0 fully saturated rings. The van der Waals surface area contributed by atoms with Crippen molar-refractivity contribution in [3.05, 3.63) is 28.2 Å². The van der Waals surface area contributed by atoms with Gasteiger partial charge in [0.05, 0.1) is 5.54 Å². The normalized spacial score (nSPS) is 14.0. The Morgan fingerprint density at radius 1 is 1.13 bits per heavy atom. The summed E-state index contributed by atoms with van der Waals surface area (Å²) >= 11 is 12.0. The van der Waals surface area contributed by atoms with Gasteiger partial charge < -0.3 is 19.2 Å². The second-order valence-electron chi connectivity index (χ2n) is 8.82. The Bertz CT molecular complexity index is 761. The SMILES string of the molecule is CCOC(Oc1cc(Cl)cc(Cl)c1)C(=O)NC(C)(C)C#CC(O[SiH](C)C)C(C)(C)C. The van der Waals surface area contributed by atoms with Crippen molar-refractivity contribution in [2.45, 2.75) is 72.6 Å². The average Bonchev–Trinajstić information content (AvgIpc) is 2.55. The van der Waals surface area contributed by atoms with Crippen LogP contribution in [-0.4, -0.2) is 39.5 Å². The van der Waals surface area contributed by atoms with Crippen LogP contribution in [0.4, 0.5) is 0 Å². The topological polar surface area (TPSA) is 56.8 Å². The summed E-state index contributed by atoms with van der Waals surface area (Å²) in [7, 11) is -1.27. The molecule has 5 nitrogen and oxygen atoms in total. The van der Waals surface area contributed by atoms with Gasteiger partial charge in [0.15, 0.2) is 9.04 Å². The molecule has 1 amide bonds. The molecule has 0 spiro atoms. The maximum Gasteiger partial charge on any atom is 0.290 e. The van der Waals surface area contributed by atoms with Crippen LogP contribution in [0.15, 0.2) is 18.2 Å². The summed E-state index contributed by atoms with van der Waals surface area (Å²) in [5, 5.41) is 3.69. The number of carbonyl (C=O) groups is 1. The fourth-order valence-electron chi connectivity index (χ4n) is 2.41. The number of rotatable bonds is 8. The maximum atomic E-state index is 12.8. The number of hydrogen-bond donors (Lipinski definition) is 1. The van der Waals surface area contributed by atoms with E-state index in [2.05, 4.69) is 51.0 Å². The van der Waals surface area contributed by atoms with Gasteiger partial charge in [0.1, 0.15) is 11.9 Å². The van der Waals surface area contributed by atoms with Gasteiger partial charge in [-0.05, 0) is 57.5 Å². The van der Waals surface area contributed by atoms with Crippen molar-refractivity contribution < 1.29 is 18.7 Å². The van der Waals surface area contributed by atoms with Gasteiger partial charge in [-0.3, -0.25) is 4.79 Å². The molecule has 0 saturated heterocycles. The Balaban J connectivity index is 2.96. The van der Waals surface area contributed by atoms with Crippen LogP contribution in [0.5, 0.6) is 5.75 Å². The van der Waals surface area contributed by atoms with E-state index in [-0.39, 0.29) is 18.1 Å². The van der Waals surface area contributed by atoms with E-state index < -0.39 is 26.8 Å². The highest BCUT2D eigenvalue weighted by molar-refractivity contribution is 6.48. The highest BCUT2D eigenvalue weighted by Crippen LogP contribution is 2.25. The zero-order chi connectivity index (χ0) is 23.1. The molecule has 0 heterocycles. The third-order valence-electron chi connectivity index (χ3n) is 3.76. The zero-order valence-electron chi connectivity index (χ0n) is 19.1. The van der Waals surface area contributed by atoms with Gasteiger partial charge in [-0.1, -0.05) is 55.8 Å². The third-order valence-corrected chi connectivity index (χ3v) is 5.01. The number of benzene rings is 1. The quantitative estimate of drug-likeness (QED) is 0.326. The van der Waals surface area contributed by atoms with E-state index in [0.29, 0.717) is 15.8 Å². The largest absolute Gasteiger partial charge is 0.455 e. The minimum absolute atomic E-state index is 0.132. The summed E-state index contributed by atoms with van der Waals surface area (Å²) in [4.78, 5) is 12.8. The van der Waals surface area contributed by atoms with E-state index in [1.807, 2.05) is 13.8 Å². The van der Waals surface area contributed by atoms with Crippen LogP contribution in [0.25, 0.3) is 0 Å². The summed E-state index contributed by atoms with van der Waals surface area (Å²) in [5.74, 6) is 6.24. The Kier molecular flexibility index (Phi) is 10.2. The van der Waals surface area contributed by atoms with E-state index in [9.17, 15) is 4.79 Å². The first-order valence-electron chi connectivity index (χ1n) is 9.98. The van der Waals surface area contributed by atoms with Crippen molar-refractivity contribution in [3.63, 3.8) is 0 Å². The molecule has 0 radical (unpaired) electrons. The lowest BCUT2D eigenvalue weighted by molar-refractivity contribution is -0.153.